The van der Waals surface area contributed by atoms with Gasteiger partial charge in [-0.25, -0.2) is 8.78 Å². The van der Waals surface area contributed by atoms with Crippen LogP contribution in [0, 0.1) is 25.5 Å². The third-order valence-electron chi connectivity index (χ3n) is 4.17. The maximum atomic E-state index is 13.8. The van der Waals surface area contributed by atoms with E-state index in [4.69, 9.17) is 4.52 Å². The number of benzene rings is 1. The molecule has 0 N–H and O–H groups in total. The maximum Gasteiger partial charge on any atom is 0.138 e. The van der Waals surface area contributed by atoms with Gasteiger partial charge in [-0.3, -0.25) is 4.90 Å². The topological polar surface area (TPSA) is 29.3 Å². The van der Waals surface area contributed by atoms with Crippen LogP contribution in [0.5, 0.6) is 0 Å². The van der Waals surface area contributed by atoms with Gasteiger partial charge in [0.2, 0.25) is 0 Å². The van der Waals surface area contributed by atoms with E-state index < -0.39 is 5.82 Å². The van der Waals surface area contributed by atoms with E-state index in [9.17, 15) is 8.78 Å². The summed E-state index contributed by atoms with van der Waals surface area (Å²) in [5, 5.41) is 4.00. The Hall–Kier alpha value is -1.75. The van der Waals surface area contributed by atoms with Gasteiger partial charge in [0.1, 0.15) is 17.4 Å². The van der Waals surface area contributed by atoms with Crippen LogP contribution in [-0.4, -0.2) is 16.6 Å². The van der Waals surface area contributed by atoms with Crippen LogP contribution in [0.15, 0.2) is 22.7 Å². The molecule has 1 aromatic carbocycles. The average molecular weight is 292 g/mol. The van der Waals surface area contributed by atoms with Gasteiger partial charge >= 0.3 is 0 Å². The molecule has 2 heterocycles. The second kappa shape index (κ2) is 5.56. The molecule has 3 rings (SSSR count). The Morgan fingerprint density at radius 2 is 2.14 bits per heavy atom. The van der Waals surface area contributed by atoms with E-state index in [1.165, 1.54) is 12.1 Å². The van der Waals surface area contributed by atoms with E-state index in [0.717, 1.165) is 42.5 Å². The minimum atomic E-state index is -0.403. The number of hydrogen-bond acceptors (Lipinski definition) is 3. The molecule has 1 unspecified atom stereocenters. The van der Waals surface area contributed by atoms with Crippen molar-refractivity contribution in [1.29, 1.82) is 0 Å². The highest BCUT2D eigenvalue weighted by Gasteiger charge is 2.31. The van der Waals surface area contributed by atoms with Crippen LogP contribution in [-0.2, 0) is 6.54 Å². The Morgan fingerprint density at radius 1 is 1.33 bits per heavy atom. The third-order valence-corrected chi connectivity index (χ3v) is 4.17. The highest BCUT2D eigenvalue weighted by Crippen LogP contribution is 2.36. The number of aryl methyl sites for hydroxylation is 2. The molecule has 1 aliphatic rings. The van der Waals surface area contributed by atoms with Crippen molar-refractivity contribution in [2.45, 2.75) is 39.3 Å². The molecule has 21 heavy (non-hydrogen) atoms. The van der Waals surface area contributed by atoms with E-state index in [1.54, 1.807) is 0 Å². The lowest BCUT2D eigenvalue weighted by molar-refractivity contribution is 0.242. The summed E-state index contributed by atoms with van der Waals surface area (Å²) in [5.74, 6) is 0.0458. The van der Waals surface area contributed by atoms with E-state index in [-0.39, 0.29) is 11.9 Å². The molecule has 0 saturated carbocycles. The minimum Gasteiger partial charge on any atom is -0.361 e. The van der Waals surface area contributed by atoms with Crippen molar-refractivity contribution in [1.82, 2.24) is 10.1 Å². The molecule has 1 aliphatic heterocycles. The number of likely N-dealkylation sites (tertiary alicyclic amines) is 1. The van der Waals surface area contributed by atoms with Crippen molar-refractivity contribution in [2.24, 2.45) is 0 Å². The van der Waals surface area contributed by atoms with E-state index in [1.807, 2.05) is 13.8 Å². The highest BCUT2D eigenvalue weighted by atomic mass is 19.1. The summed E-state index contributed by atoms with van der Waals surface area (Å²) in [6, 6.07) is 3.78. The summed E-state index contributed by atoms with van der Waals surface area (Å²) in [4.78, 5) is 2.17. The summed E-state index contributed by atoms with van der Waals surface area (Å²) in [7, 11) is 0. The number of hydrogen-bond donors (Lipinski definition) is 0. The van der Waals surface area contributed by atoms with Crippen molar-refractivity contribution < 1.29 is 13.3 Å². The third kappa shape index (κ3) is 2.70. The van der Waals surface area contributed by atoms with Crippen LogP contribution >= 0.6 is 0 Å². The van der Waals surface area contributed by atoms with Gasteiger partial charge in [-0.05, 0) is 51.4 Å². The van der Waals surface area contributed by atoms with Crippen LogP contribution in [0.4, 0.5) is 8.78 Å². The monoisotopic (exact) mass is 292 g/mol. The lowest BCUT2D eigenvalue weighted by Gasteiger charge is -2.24. The summed E-state index contributed by atoms with van der Waals surface area (Å²) >= 11 is 0. The molecule has 1 saturated heterocycles. The standard InChI is InChI=1S/C16H18F2N2O/c1-10-16(11(2)21-19-10)15-4-3-7-20(15)9-12-8-13(17)5-6-14(12)18/h5-6,8,15H,3-4,7,9H2,1-2H3. The molecule has 1 atom stereocenters. The summed E-state index contributed by atoms with van der Waals surface area (Å²) in [6.45, 7) is 5.09. The zero-order chi connectivity index (χ0) is 15.0. The molecular weight excluding hydrogens is 274 g/mol. The second-order valence-corrected chi connectivity index (χ2v) is 5.60. The number of halogens is 2. The molecule has 1 aromatic heterocycles. The van der Waals surface area contributed by atoms with E-state index in [2.05, 4.69) is 10.1 Å². The van der Waals surface area contributed by atoms with Crippen molar-refractivity contribution in [3.63, 3.8) is 0 Å². The molecule has 0 radical (unpaired) electrons. The fraction of sp³-hybridized carbons (Fsp3) is 0.438. The largest absolute Gasteiger partial charge is 0.361 e. The molecule has 0 aliphatic carbocycles. The van der Waals surface area contributed by atoms with Crippen molar-refractivity contribution in [3.8, 4) is 0 Å². The molecule has 112 valence electrons. The predicted molar refractivity (Wildman–Crippen MR) is 74.7 cm³/mol. The molecule has 3 nitrogen and oxygen atoms in total. The zero-order valence-corrected chi connectivity index (χ0v) is 12.2. The Kier molecular flexibility index (Phi) is 3.76. The summed E-state index contributed by atoms with van der Waals surface area (Å²) < 4.78 is 32.4. The van der Waals surface area contributed by atoms with Gasteiger partial charge in [0, 0.05) is 23.7 Å². The first-order valence-corrected chi connectivity index (χ1v) is 7.17. The van der Waals surface area contributed by atoms with Gasteiger partial charge in [-0.2, -0.15) is 0 Å². The SMILES string of the molecule is Cc1noc(C)c1C1CCCN1Cc1cc(F)ccc1F. The van der Waals surface area contributed by atoms with Gasteiger partial charge in [-0.15, -0.1) is 0 Å². The average Bonchev–Trinajstić information content (AvgIpc) is 3.01. The number of aromatic nitrogens is 1. The first-order valence-electron chi connectivity index (χ1n) is 7.17. The first-order chi connectivity index (χ1) is 10.1. The molecule has 1 fully saturated rings. The van der Waals surface area contributed by atoms with Gasteiger partial charge in [0.25, 0.3) is 0 Å². The smallest absolute Gasteiger partial charge is 0.138 e. The Morgan fingerprint density at radius 3 is 2.86 bits per heavy atom. The van der Waals surface area contributed by atoms with Crippen LogP contribution < -0.4 is 0 Å². The van der Waals surface area contributed by atoms with Crippen LogP contribution in [0.25, 0.3) is 0 Å². The van der Waals surface area contributed by atoms with Crippen molar-refractivity contribution in [2.75, 3.05) is 6.54 Å². The zero-order valence-electron chi connectivity index (χ0n) is 12.2. The molecule has 0 bridgehead atoms. The minimum absolute atomic E-state index is 0.166. The van der Waals surface area contributed by atoms with Gasteiger partial charge < -0.3 is 4.52 Å². The second-order valence-electron chi connectivity index (χ2n) is 5.60. The predicted octanol–water partition coefficient (Wildman–Crippen LogP) is 3.91. The van der Waals surface area contributed by atoms with Gasteiger partial charge in [-0.1, -0.05) is 5.16 Å². The molecule has 0 spiro atoms. The lowest BCUT2D eigenvalue weighted by atomic mass is 10.0. The Labute approximate surface area is 122 Å². The summed E-state index contributed by atoms with van der Waals surface area (Å²) in [5.41, 5.74) is 2.36. The van der Waals surface area contributed by atoms with E-state index in [0.29, 0.717) is 12.1 Å². The van der Waals surface area contributed by atoms with Gasteiger partial charge in [0.15, 0.2) is 0 Å². The van der Waals surface area contributed by atoms with Gasteiger partial charge in [0.05, 0.1) is 5.69 Å². The van der Waals surface area contributed by atoms with Crippen LogP contribution in [0.3, 0.4) is 0 Å². The highest BCUT2D eigenvalue weighted by molar-refractivity contribution is 5.27. The van der Waals surface area contributed by atoms with Crippen molar-refractivity contribution >= 4 is 0 Å². The quantitative estimate of drug-likeness (QED) is 0.859. The van der Waals surface area contributed by atoms with Crippen LogP contribution in [0.2, 0.25) is 0 Å². The molecule has 5 heteroatoms. The van der Waals surface area contributed by atoms with Crippen molar-refractivity contribution in [3.05, 3.63) is 52.4 Å². The van der Waals surface area contributed by atoms with Crippen LogP contribution in [0.1, 0.15) is 41.5 Å². The molecule has 0 amide bonds. The molecule has 2 aromatic rings. The first kappa shape index (κ1) is 14.2. The fourth-order valence-electron chi connectivity index (χ4n) is 3.19. The lowest BCUT2D eigenvalue weighted by Crippen LogP contribution is -2.24. The fourth-order valence-corrected chi connectivity index (χ4v) is 3.19. The number of rotatable bonds is 3. The Bertz CT molecular complexity index is 634. The van der Waals surface area contributed by atoms with E-state index >= 15 is 0 Å². The molecular formula is C16H18F2N2O. The normalized spacial score (nSPS) is 19.3. The Balaban J connectivity index is 1.86. The summed E-state index contributed by atoms with van der Waals surface area (Å²) in [6.07, 6.45) is 2.02. The number of nitrogens with zero attached hydrogens (tertiary/aromatic N) is 2. The maximum absolute atomic E-state index is 13.8.